The van der Waals surface area contributed by atoms with Gasteiger partial charge in [0.15, 0.2) is 18.8 Å². The van der Waals surface area contributed by atoms with Gasteiger partial charge in [0.05, 0.1) is 0 Å². The van der Waals surface area contributed by atoms with Crippen molar-refractivity contribution in [2.45, 2.75) is 0 Å². The average Bonchev–Trinajstić information content (AvgIpc) is 2.85. The number of hydrogen-bond acceptors (Lipinski definition) is 4. The van der Waals surface area contributed by atoms with E-state index in [4.69, 9.17) is 13.9 Å². The minimum absolute atomic E-state index is 0.196. The summed E-state index contributed by atoms with van der Waals surface area (Å²) >= 11 is 0. The number of rotatable bonds is 5. The summed E-state index contributed by atoms with van der Waals surface area (Å²) in [5.41, 5.74) is 0.853. The van der Waals surface area contributed by atoms with Gasteiger partial charge >= 0.3 is 0 Å². The number of benzene rings is 1. The number of ether oxygens (including phenoxy) is 2. The predicted octanol–water partition coefficient (Wildman–Crippen LogP) is 2.74. The Bertz CT molecular complexity index is 502. The largest absolute Gasteiger partial charge is 0.468 e. The lowest BCUT2D eigenvalue weighted by Gasteiger charge is -2.05. The SMILES string of the molecule is COCOc1cccc(-c2ccc(C=O)o2)c1. The van der Waals surface area contributed by atoms with Crippen LogP contribution in [0.5, 0.6) is 5.75 Å². The molecule has 88 valence electrons. The zero-order valence-corrected chi connectivity index (χ0v) is 9.38. The molecule has 0 spiro atoms. The van der Waals surface area contributed by atoms with Crippen LogP contribution in [0.25, 0.3) is 11.3 Å². The maximum atomic E-state index is 10.5. The van der Waals surface area contributed by atoms with Crippen LogP contribution in [-0.2, 0) is 4.74 Å². The fourth-order valence-electron chi connectivity index (χ4n) is 1.44. The highest BCUT2D eigenvalue weighted by atomic mass is 16.7. The normalized spacial score (nSPS) is 10.2. The topological polar surface area (TPSA) is 48.7 Å². The van der Waals surface area contributed by atoms with Crippen LogP contribution in [0.3, 0.4) is 0 Å². The standard InChI is InChI=1S/C13H12O4/c1-15-9-16-11-4-2-3-10(7-11)13-6-5-12(8-14)17-13/h2-8H,9H2,1H3. The number of carbonyl (C=O) groups excluding carboxylic acids is 1. The van der Waals surface area contributed by atoms with Gasteiger partial charge in [-0.3, -0.25) is 4.79 Å². The fraction of sp³-hybridized carbons (Fsp3) is 0.154. The number of aldehydes is 1. The maximum Gasteiger partial charge on any atom is 0.188 e. The molecule has 2 aromatic rings. The van der Waals surface area contributed by atoms with Crippen molar-refractivity contribution in [1.82, 2.24) is 0 Å². The van der Waals surface area contributed by atoms with E-state index in [1.807, 2.05) is 24.3 Å². The second-order valence-electron chi connectivity index (χ2n) is 3.40. The molecule has 0 fully saturated rings. The van der Waals surface area contributed by atoms with Gasteiger partial charge in [0.25, 0.3) is 0 Å². The van der Waals surface area contributed by atoms with E-state index >= 15 is 0 Å². The van der Waals surface area contributed by atoms with Gasteiger partial charge in [-0.1, -0.05) is 12.1 Å². The minimum Gasteiger partial charge on any atom is -0.468 e. The molecular formula is C13H12O4. The Hall–Kier alpha value is -2.07. The molecule has 0 N–H and O–H groups in total. The monoisotopic (exact) mass is 232 g/mol. The van der Waals surface area contributed by atoms with Gasteiger partial charge in [-0.05, 0) is 24.3 Å². The summed E-state index contributed by atoms with van der Waals surface area (Å²) in [6.07, 6.45) is 0.675. The summed E-state index contributed by atoms with van der Waals surface area (Å²) in [5, 5.41) is 0. The lowest BCUT2D eigenvalue weighted by atomic mass is 10.2. The highest BCUT2D eigenvalue weighted by molar-refractivity contribution is 5.73. The van der Waals surface area contributed by atoms with Crippen LogP contribution in [0, 0.1) is 0 Å². The zero-order chi connectivity index (χ0) is 12.1. The summed E-state index contributed by atoms with van der Waals surface area (Å²) < 4.78 is 15.5. The van der Waals surface area contributed by atoms with Gasteiger partial charge in [0.2, 0.25) is 0 Å². The van der Waals surface area contributed by atoms with E-state index in [0.29, 0.717) is 23.6 Å². The van der Waals surface area contributed by atoms with E-state index in [-0.39, 0.29) is 6.79 Å². The Morgan fingerprint density at radius 2 is 2.18 bits per heavy atom. The second-order valence-corrected chi connectivity index (χ2v) is 3.40. The van der Waals surface area contributed by atoms with E-state index in [1.165, 1.54) is 0 Å². The highest BCUT2D eigenvalue weighted by Crippen LogP contribution is 2.25. The molecule has 17 heavy (non-hydrogen) atoms. The number of carbonyl (C=O) groups is 1. The van der Waals surface area contributed by atoms with Crippen LogP contribution < -0.4 is 4.74 Å². The number of methoxy groups -OCH3 is 1. The molecule has 0 unspecified atom stereocenters. The van der Waals surface area contributed by atoms with Gasteiger partial charge in [0.1, 0.15) is 11.5 Å². The molecule has 4 nitrogen and oxygen atoms in total. The second kappa shape index (κ2) is 5.32. The van der Waals surface area contributed by atoms with Crippen LogP contribution in [0.1, 0.15) is 10.6 Å². The lowest BCUT2D eigenvalue weighted by Crippen LogP contribution is -1.98. The Kier molecular flexibility index (Phi) is 3.57. The van der Waals surface area contributed by atoms with Crippen molar-refractivity contribution in [3.05, 3.63) is 42.2 Å². The van der Waals surface area contributed by atoms with Crippen LogP contribution in [0.4, 0.5) is 0 Å². The van der Waals surface area contributed by atoms with Crippen molar-refractivity contribution in [3.8, 4) is 17.1 Å². The molecule has 0 saturated carbocycles. The summed E-state index contributed by atoms with van der Waals surface area (Å²) in [7, 11) is 1.56. The van der Waals surface area contributed by atoms with Crippen molar-refractivity contribution < 1.29 is 18.7 Å². The Labute approximate surface area is 98.8 Å². The summed E-state index contributed by atoms with van der Waals surface area (Å²) in [4.78, 5) is 10.5. The van der Waals surface area contributed by atoms with Crippen molar-refractivity contribution in [3.63, 3.8) is 0 Å². The van der Waals surface area contributed by atoms with Gasteiger partial charge in [-0.2, -0.15) is 0 Å². The van der Waals surface area contributed by atoms with Crippen LogP contribution >= 0.6 is 0 Å². The smallest absolute Gasteiger partial charge is 0.188 e. The molecule has 0 radical (unpaired) electrons. The number of hydrogen-bond donors (Lipinski definition) is 0. The van der Waals surface area contributed by atoms with Crippen LogP contribution in [-0.4, -0.2) is 20.2 Å². The van der Waals surface area contributed by atoms with Gasteiger partial charge in [-0.25, -0.2) is 0 Å². The van der Waals surface area contributed by atoms with E-state index in [9.17, 15) is 4.79 Å². The molecule has 0 amide bonds. The van der Waals surface area contributed by atoms with Crippen LogP contribution in [0.15, 0.2) is 40.8 Å². The molecule has 0 aliphatic heterocycles. The molecule has 0 aliphatic carbocycles. The first-order chi connectivity index (χ1) is 8.33. The van der Waals surface area contributed by atoms with Gasteiger partial charge < -0.3 is 13.9 Å². The van der Waals surface area contributed by atoms with E-state index < -0.39 is 0 Å². The van der Waals surface area contributed by atoms with Gasteiger partial charge in [-0.15, -0.1) is 0 Å². The molecule has 0 bridgehead atoms. The molecule has 0 atom stereocenters. The average molecular weight is 232 g/mol. The third-order valence-corrected chi connectivity index (χ3v) is 2.20. The summed E-state index contributed by atoms with van der Waals surface area (Å²) in [5.74, 6) is 1.63. The molecule has 1 heterocycles. The van der Waals surface area contributed by atoms with E-state index in [2.05, 4.69) is 0 Å². The van der Waals surface area contributed by atoms with E-state index in [0.717, 1.165) is 5.56 Å². The Morgan fingerprint density at radius 3 is 2.88 bits per heavy atom. The molecule has 0 aliphatic rings. The molecular weight excluding hydrogens is 220 g/mol. The third kappa shape index (κ3) is 2.73. The number of furan rings is 1. The zero-order valence-electron chi connectivity index (χ0n) is 9.38. The van der Waals surface area contributed by atoms with Crippen molar-refractivity contribution >= 4 is 6.29 Å². The molecule has 1 aromatic carbocycles. The minimum atomic E-state index is 0.196. The Balaban J connectivity index is 2.22. The van der Waals surface area contributed by atoms with Crippen molar-refractivity contribution in [1.29, 1.82) is 0 Å². The summed E-state index contributed by atoms with van der Waals surface area (Å²) in [6, 6.07) is 10.8. The van der Waals surface area contributed by atoms with E-state index in [1.54, 1.807) is 19.2 Å². The fourth-order valence-corrected chi connectivity index (χ4v) is 1.44. The highest BCUT2D eigenvalue weighted by Gasteiger charge is 2.05. The third-order valence-electron chi connectivity index (χ3n) is 2.20. The first-order valence-corrected chi connectivity index (χ1v) is 5.10. The molecule has 4 heteroatoms. The molecule has 0 saturated heterocycles. The van der Waals surface area contributed by atoms with Crippen molar-refractivity contribution in [2.24, 2.45) is 0 Å². The summed E-state index contributed by atoms with van der Waals surface area (Å²) in [6.45, 7) is 0.196. The Morgan fingerprint density at radius 1 is 1.29 bits per heavy atom. The predicted molar refractivity (Wildman–Crippen MR) is 62.0 cm³/mol. The van der Waals surface area contributed by atoms with Gasteiger partial charge in [0, 0.05) is 12.7 Å². The first kappa shape index (κ1) is 11.4. The molecule has 1 aromatic heterocycles. The quantitative estimate of drug-likeness (QED) is 0.587. The van der Waals surface area contributed by atoms with Crippen LogP contribution in [0.2, 0.25) is 0 Å². The molecule has 2 rings (SSSR count). The maximum absolute atomic E-state index is 10.5. The van der Waals surface area contributed by atoms with Crippen molar-refractivity contribution in [2.75, 3.05) is 13.9 Å². The lowest BCUT2D eigenvalue weighted by molar-refractivity contribution is 0.0511. The first-order valence-electron chi connectivity index (χ1n) is 5.10.